The van der Waals surface area contributed by atoms with E-state index in [0.717, 1.165) is 0 Å². The summed E-state index contributed by atoms with van der Waals surface area (Å²) in [4.78, 5) is 39.9. The van der Waals surface area contributed by atoms with Crippen LogP contribution in [0.4, 0.5) is 0 Å². The number of rotatable bonds is 6. The van der Waals surface area contributed by atoms with Gasteiger partial charge in [0.1, 0.15) is 0 Å². The van der Waals surface area contributed by atoms with E-state index >= 15 is 0 Å². The average molecular weight is 262 g/mol. The van der Waals surface area contributed by atoms with E-state index in [4.69, 9.17) is 10.2 Å². The number of carboxylic acids is 2. The number of carboxylic acid groups (broad SMARTS) is 2. The van der Waals surface area contributed by atoms with Gasteiger partial charge in [0.25, 0.3) is 0 Å². The highest BCUT2D eigenvalue weighted by Crippen LogP contribution is 1.74. The van der Waals surface area contributed by atoms with Gasteiger partial charge in [-0.15, -0.1) is 0 Å². The SMILES string of the molecule is CC(=O)NCCC(=O)O.CC(=O)NCCC(=O)O. The third kappa shape index (κ3) is 23.6. The van der Waals surface area contributed by atoms with Crippen molar-refractivity contribution in [1.29, 1.82) is 0 Å². The van der Waals surface area contributed by atoms with Gasteiger partial charge in [-0.3, -0.25) is 19.2 Å². The van der Waals surface area contributed by atoms with Crippen molar-refractivity contribution in [3.05, 3.63) is 0 Å². The van der Waals surface area contributed by atoms with Crippen LogP contribution in [-0.2, 0) is 19.2 Å². The molecule has 0 rings (SSSR count). The summed E-state index contributed by atoms with van der Waals surface area (Å²) >= 11 is 0. The van der Waals surface area contributed by atoms with E-state index in [2.05, 4.69) is 10.6 Å². The summed E-state index contributed by atoms with van der Waals surface area (Å²) in [5.74, 6) is -2.19. The van der Waals surface area contributed by atoms with Crippen molar-refractivity contribution in [2.75, 3.05) is 13.1 Å². The molecule has 2 amide bonds. The first-order valence-corrected chi connectivity index (χ1v) is 5.18. The highest BCUT2D eigenvalue weighted by Gasteiger charge is 1.96. The molecule has 0 unspecified atom stereocenters. The summed E-state index contributed by atoms with van der Waals surface area (Å²) in [6.07, 6.45) is -0.0286. The first kappa shape index (κ1) is 18.3. The van der Waals surface area contributed by atoms with Gasteiger partial charge in [0.15, 0.2) is 0 Å². The van der Waals surface area contributed by atoms with Crippen molar-refractivity contribution in [1.82, 2.24) is 10.6 Å². The van der Waals surface area contributed by atoms with Crippen molar-refractivity contribution in [3.8, 4) is 0 Å². The van der Waals surface area contributed by atoms with Crippen molar-refractivity contribution in [2.24, 2.45) is 0 Å². The molecule has 0 saturated heterocycles. The Morgan fingerprint density at radius 1 is 0.778 bits per heavy atom. The monoisotopic (exact) mass is 262 g/mol. The number of amides is 2. The normalized spacial score (nSPS) is 8.56. The summed E-state index contributed by atoms with van der Waals surface area (Å²) < 4.78 is 0. The molecule has 0 radical (unpaired) electrons. The van der Waals surface area contributed by atoms with E-state index in [-0.39, 0.29) is 37.7 Å². The van der Waals surface area contributed by atoms with Crippen LogP contribution in [0.15, 0.2) is 0 Å². The second-order valence-corrected chi connectivity index (χ2v) is 3.25. The molecule has 0 fully saturated rings. The van der Waals surface area contributed by atoms with Crippen LogP contribution in [0.25, 0.3) is 0 Å². The van der Waals surface area contributed by atoms with E-state index in [1.807, 2.05) is 0 Å². The van der Waals surface area contributed by atoms with Crippen LogP contribution >= 0.6 is 0 Å². The molecular formula is C10H18N2O6. The van der Waals surface area contributed by atoms with Crippen molar-refractivity contribution in [2.45, 2.75) is 26.7 Å². The van der Waals surface area contributed by atoms with Crippen LogP contribution in [0.2, 0.25) is 0 Å². The lowest BCUT2D eigenvalue weighted by Crippen LogP contribution is -2.22. The topological polar surface area (TPSA) is 133 Å². The molecule has 4 N–H and O–H groups in total. The molecule has 0 aliphatic rings. The molecule has 8 nitrogen and oxygen atoms in total. The largest absolute Gasteiger partial charge is 0.481 e. The van der Waals surface area contributed by atoms with Crippen LogP contribution in [0.3, 0.4) is 0 Å². The van der Waals surface area contributed by atoms with Crippen molar-refractivity contribution in [3.63, 3.8) is 0 Å². The molecule has 0 aromatic rings. The Kier molecular flexibility index (Phi) is 11.5. The minimum absolute atomic E-state index is 0.0143. The molecule has 0 heterocycles. The summed E-state index contributed by atoms with van der Waals surface area (Å²) in [7, 11) is 0. The van der Waals surface area contributed by atoms with Crippen LogP contribution < -0.4 is 10.6 Å². The molecule has 0 atom stereocenters. The lowest BCUT2D eigenvalue weighted by atomic mass is 10.4. The molecule has 0 aromatic heterocycles. The maximum absolute atomic E-state index is 10.1. The second kappa shape index (κ2) is 11.4. The number of hydrogen-bond acceptors (Lipinski definition) is 4. The fourth-order valence-electron chi connectivity index (χ4n) is 0.691. The predicted molar refractivity (Wildman–Crippen MR) is 61.9 cm³/mol. The number of hydrogen-bond donors (Lipinski definition) is 4. The first-order chi connectivity index (χ1) is 8.25. The molecule has 0 spiro atoms. The van der Waals surface area contributed by atoms with E-state index in [1.165, 1.54) is 13.8 Å². The summed E-state index contributed by atoms with van der Waals surface area (Å²) in [6, 6.07) is 0. The Morgan fingerprint density at radius 2 is 1.06 bits per heavy atom. The van der Waals surface area contributed by atoms with E-state index in [0.29, 0.717) is 0 Å². The third-order valence-corrected chi connectivity index (χ3v) is 1.43. The summed E-state index contributed by atoms with van der Waals surface area (Å²) in [6.45, 7) is 3.12. The Morgan fingerprint density at radius 3 is 1.22 bits per heavy atom. The third-order valence-electron chi connectivity index (χ3n) is 1.43. The van der Waals surface area contributed by atoms with Crippen LogP contribution in [-0.4, -0.2) is 47.1 Å². The molecule has 0 aromatic carbocycles. The van der Waals surface area contributed by atoms with Crippen LogP contribution in [0.1, 0.15) is 26.7 Å². The molecule has 0 saturated carbocycles. The van der Waals surface area contributed by atoms with Gasteiger partial charge in [-0.05, 0) is 0 Å². The molecule has 104 valence electrons. The van der Waals surface area contributed by atoms with Crippen LogP contribution in [0.5, 0.6) is 0 Å². The Hall–Kier alpha value is -2.12. The maximum Gasteiger partial charge on any atom is 0.305 e. The first-order valence-electron chi connectivity index (χ1n) is 5.18. The lowest BCUT2D eigenvalue weighted by molar-refractivity contribution is -0.138. The van der Waals surface area contributed by atoms with Gasteiger partial charge in [0, 0.05) is 26.9 Å². The summed E-state index contributed by atoms with van der Waals surface area (Å²) in [5, 5.41) is 20.9. The van der Waals surface area contributed by atoms with Gasteiger partial charge in [0.2, 0.25) is 11.8 Å². The van der Waals surface area contributed by atoms with Gasteiger partial charge in [-0.25, -0.2) is 0 Å². The van der Waals surface area contributed by atoms with Crippen LogP contribution in [0, 0.1) is 0 Å². The number of nitrogens with one attached hydrogen (secondary N) is 2. The molecule has 18 heavy (non-hydrogen) atoms. The fraction of sp³-hybridized carbons (Fsp3) is 0.600. The molecule has 0 bridgehead atoms. The van der Waals surface area contributed by atoms with Gasteiger partial charge in [0.05, 0.1) is 12.8 Å². The van der Waals surface area contributed by atoms with Gasteiger partial charge >= 0.3 is 11.9 Å². The smallest absolute Gasteiger partial charge is 0.305 e. The van der Waals surface area contributed by atoms with E-state index in [9.17, 15) is 19.2 Å². The zero-order valence-corrected chi connectivity index (χ0v) is 10.4. The number of carbonyl (C=O) groups excluding carboxylic acids is 2. The van der Waals surface area contributed by atoms with E-state index < -0.39 is 11.9 Å². The average Bonchev–Trinajstić information content (AvgIpc) is 2.15. The zero-order chi connectivity index (χ0) is 14.6. The Bertz CT molecular complexity index is 245. The predicted octanol–water partition coefficient (Wildman–Crippen LogP) is -0.806. The Labute approximate surface area is 104 Å². The molecular weight excluding hydrogens is 244 g/mol. The lowest BCUT2D eigenvalue weighted by Gasteiger charge is -1.95. The zero-order valence-electron chi connectivity index (χ0n) is 10.4. The molecule has 8 heteroatoms. The van der Waals surface area contributed by atoms with Gasteiger partial charge < -0.3 is 20.8 Å². The fourth-order valence-corrected chi connectivity index (χ4v) is 0.691. The highest BCUT2D eigenvalue weighted by molar-refractivity contribution is 5.74. The van der Waals surface area contributed by atoms with E-state index in [1.54, 1.807) is 0 Å². The Balaban J connectivity index is 0. The van der Waals surface area contributed by atoms with Gasteiger partial charge in [-0.1, -0.05) is 0 Å². The highest BCUT2D eigenvalue weighted by atomic mass is 16.4. The van der Waals surface area contributed by atoms with Crippen molar-refractivity contribution < 1.29 is 29.4 Å². The molecule has 0 aliphatic carbocycles. The minimum atomic E-state index is -0.899. The minimum Gasteiger partial charge on any atom is -0.481 e. The molecule has 0 aliphatic heterocycles. The van der Waals surface area contributed by atoms with Gasteiger partial charge in [-0.2, -0.15) is 0 Å². The number of carbonyl (C=O) groups is 4. The summed E-state index contributed by atoms with van der Waals surface area (Å²) in [5.41, 5.74) is 0. The quantitative estimate of drug-likeness (QED) is 0.495. The maximum atomic E-state index is 10.1. The second-order valence-electron chi connectivity index (χ2n) is 3.25. The standard InChI is InChI=1S/2C5H9NO3/c2*1-4(7)6-3-2-5(8)9/h2*2-3H2,1H3,(H,6,7)(H,8,9). The van der Waals surface area contributed by atoms with Crippen molar-refractivity contribution >= 4 is 23.8 Å². The number of aliphatic carboxylic acids is 2.